The molecule has 0 radical (unpaired) electrons. The number of hydrogen-bond donors (Lipinski definition) is 0. The molecule has 5 heteroatoms. The molecule has 0 saturated heterocycles. The van der Waals surface area contributed by atoms with Crippen LogP contribution in [0.4, 0.5) is 0 Å². The van der Waals surface area contributed by atoms with Gasteiger partial charge >= 0.3 is 21.1 Å². The largest absolute Gasteiger partial charge is 2.00 e. The first-order valence-electron chi connectivity index (χ1n) is 15.8. The van der Waals surface area contributed by atoms with Gasteiger partial charge in [0.25, 0.3) is 0 Å². The molecule has 0 amide bonds. The number of hydrogen-bond acceptors (Lipinski definition) is 3. The molecule has 0 aliphatic rings. The molecule has 47 heavy (non-hydrogen) atoms. The molecule has 7 aromatic rings. The summed E-state index contributed by atoms with van der Waals surface area (Å²) in [6.07, 6.45) is 1.72. The molecule has 4 nitrogen and oxygen atoms in total. The monoisotopic (exact) mass is 794 g/mol. The van der Waals surface area contributed by atoms with Crippen LogP contribution in [0, 0.1) is 6.07 Å². The van der Waals surface area contributed by atoms with Crippen molar-refractivity contribution in [2.45, 2.75) is 52.4 Å². The van der Waals surface area contributed by atoms with Gasteiger partial charge < -0.3 is 9.72 Å². The number of para-hydroxylation sites is 2. The Morgan fingerprint density at radius 2 is 1.30 bits per heavy atom. The molecular formula is C42H37N3OPt. The summed E-state index contributed by atoms with van der Waals surface area (Å²) in [5.74, 6) is 1.11. The molecule has 3 heterocycles. The molecule has 236 valence electrons. The van der Waals surface area contributed by atoms with Crippen molar-refractivity contribution in [1.82, 2.24) is 15.0 Å². The Morgan fingerprint density at radius 1 is 0.638 bits per heavy atom. The van der Waals surface area contributed by atoms with Gasteiger partial charge in [-0.1, -0.05) is 120 Å². The third kappa shape index (κ3) is 6.66. The number of fused-ring (bicyclic) bond motifs is 3. The third-order valence-corrected chi connectivity index (χ3v) is 8.46. The number of aromatic nitrogens is 3. The molecule has 3 aromatic heterocycles. The number of nitrogens with zero attached hydrogens (tertiary/aromatic N) is 3. The molecule has 0 N–H and O–H groups in total. The van der Waals surface area contributed by atoms with Crippen LogP contribution < -0.4 is 9.72 Å². The number of ether oxygens (including phenoxy) is 1. The molecule has 0 bridgehead atoms. The Bertz CT molecular complexity index is 2170. The van der Waals surface area contributed by atoms with Gasteiger partial charge in [-0.15, -0.1) is 34.8 Å². The van der Waals surface area contributed by atoms with Gasteiger partial charge in [0.2, 0.25) is 5.88 Å². The molecule has 4 aromatic carbocycles. The minimum atomic E-state index is -0.00939. The van der Waals surface area contributed by atoms with E-state index in [4.69, 9.17) is 14.7 Å². The molecular weight excluding hydrogens is 758 g/mol. The second kappa shape index (κ2) is 12.6. The van der Waals surface area contributed by atoms with Crippen LogP contribution in [0.1, 0.15) is 52.7 Å². The van der Waals surface area contributed by atoms with Crippen molar-refractivity contribution in [3.8, 4) is 45.3 Å². The van der Waals surface area contributed by atoms with Crippen molar-refractivity contribution in [1.29, 1.82) is 0 Å². The average molecular weight is 795 g/mol. The van der Waals surface area contributed by atoms with Crippen LogP contribution in [-0.2, 0) is 31.9 Å². The van der Waals surface area contributed by atoms with E-state index in [1.807, 2.05) is 42.5 Å². The van der Waals surface area contributed by atoms with E-state index >= 15 is 0 Å². The molecule has 0 aliphatic heterocycles. The maximum atomic E-state index is 6.06. The van der Waals surface area contributed by atoms with Gasteiger partial charge in [-0.05, 0) is 67.2 Å². The van der Waals surface area contributed by atoms with Gasteiger partial charge in [0.15, 0.2) is 0 Å². The zero-order valence-corrected chi connectivity index (χ0v) is 29.8. The predicted molar refractivity (Wildman–Crippen MR) is 189 cm³/mol. The quantitative estimate of drug-likeness (QED) is 0.163. The maximum absolute atomic E-state index is 6.06. The first-order valence-corrected chi connectivity index (χ1v) is 15.8. The van der Waals surface area contributed by atoms with E-state index in [-0.39, 0.29) is 31.9 Å². The molecule has 0 atom stereocenters. The van der Waals surface area contributed by atoms with E-state index in [0.29, 0.717) is 11.6 Å². The van der Waals surface area contributed by atoms with E-state index in [0.717, 1.165) is 55.4 Å². The summed E-state index contributed by atoms with van der Waals surface area (Å²) in [6, 6.07) is 41.1. The zero-order valence-electron chi connectivity index (χ0n) is 27.5. The van der Waals surface area contributed by atoms with E-state index in [1.54, 1.807) is 6.20 Å². The van der Waals surface area contributed by atoms with Crippen LogP contribution in [0.15, 0.2) is 115 Å². The van der Waals surface area contributed by atoms with Gasteiger partial charge in [0.05, 0.1) is 5.69 Å². The summed E-state index contributed by atoms with van der Waals surface area (Å²) in [4.78, 5) is 14.7. The van der Waals surface area contributed by atoms with E-state index in [9.17, 15) is 0 Å². The second-order valence-electron chi connectivity index (χ2n) is 14.0. The molecule has 0 fully saturated rings. The molecule has 0 aliphatic carbocycles. The summed E-state index contributed by atoms with van der Waals surface area (Å²) in [7, 11) is 0. The van der Waals surface area contributed by atoms with Crippen LogP contribution in [0.3, 0.4) is 0 Å². The SMILES string of the molecule is CC(C)(C)c1cc(-c2cc(-c3[c-]c(Oc4ccccn4)ccc3)nc(-c3cccc4c3[n-]c3ccccc34)c2)cc(C(C)(C)C)c1.[Pt+2]. The Balaban J connectivity index is 0.00000386. The second-order valence-corrected chi connectivity index (χ2v) is 14.0. The molecule has 7 rings (SSSR count). The number of benzene rings is 4. The normalized spacial score (nSPS) is 11.9. The van der Waals surface area contributed by atoms with Gasteiger partial charge in [-0.2, -0.15) is 0 Å². The number of pyridine rings is 2. The van der Waals surface area contributed by atoms with Crippen molar-refractivity contribution in [3.63, 3.8) is 0 Å². The van der Waals surface area contributed by atoms with Crippen molar-refractivity contribution in [3.05, 3.63) is 133 Å². The molecule has 0 saturated carbocycles. The first kappa shape index (κ1) is 32.4. The fraction of sp³-hybridized carbons (Fsp3) is 0.190. The summed E-state index contributed by atoms with van der Waals surface area (Å²) in [6.45, 7) is 13.6. The Labute approximate surface area is 291 Å². The van der Waals surface area contributed by atoms with Crippen LogP contribution >= 0.6 is 0 Å². The standard InChI is InChI=1S/C42H37N3O.Pt/c1-41(2,3)30-21-28(22-31(26-30)42(4,5)6)29-24-37(27-13-11-14-32(23-27)46-39-19-9-10-20-43-39)44-38(25-29)35-17-12-16-34-33-15-7-8-18-36(33)45-40(34)35;/h7-22,24-26H,1-6H3;/q-2;+2. The minimum absolute atomic E-state index is 0. The average Bonchev–Trinajstić information content (AvgIpc) is 3.43. The van der Waals surface area contributed by atoms with Crippen LogP contribution in [0.2, 0.25) is 0 Å². The van der Waals surface area contributed by atoms with Crippen LogP contribution in [0.25, 0.3) is 55.4 Å². The first-order chi connectivity index (χ1) is 22.0. The predicted octanol–water partition coefficient (Wildman–Crippen LogP) is 10.9. The fourth-order valence-electron chi connectivity index (χ4n) is 5.82. The summed E-state index contributed by atoms with van der Waals surface area (Å²) in [5, 5.41) is 2.28. The van der Waals surface area contributed by atoms with Crippen molar-refractivity contribution < 1.29 is 25.8 Å². The van der Waals surface area contributed by atoms with E-state index < -0.39 is 0 Å². The Hall–Kier alpha value is -4.53. The Morgan fingerprint density at radius 3 is 2.02 bits per heavy atom. The third-order valence-electron chi connectivity index (χ3n) is 8.46. The summed E-state index contributed by atoms with van der Waals surface area (Å²) in [5.41, 5.74) is 10.3. The summed E-state index contributed by atoms with van der Waals surface area (Å²) < 4.78 is 6.06. The Kier molecular flexibility index (Phi) is 8.68. The molecule has 0 spiro atoms. The topological polar surface area (TPSA) is 49.1 Å². The smallest absolute Gasteiger partial charge is 0.656 e. The van der Waals surface area contributed by atoms with Crippen molar-refractivity contribution in [2.75, 3.05) is 0 Å². The number of rotatable bonds is 5. The van der Waals surface area contributed by atoms with E-state index in [1.165, 1.54) is 11.1 Å². The van der Waals surface area contributed by atoms with E-state index in [2.05, 4.69) is 119 Å². The molecule has 0 unspecified atom stereocenters. The van der Waals surface area contributed by atoms with Gasteiger partial charge in [-0.3, -0.25) is 4.98 Å². The van der Waals surface area contributed by atoms with Gasteiger partial charge in [0.1, 0.15) is 0 Å². The maximum Gasteiger partial charge on any atom is 2.00 e. The van der Waals surface area contributed by atoms with Crippen molar-refractivity contribution in [2.24, 2.45) is 0 Å². The minimum Gasteiger partial charge on any atom is -0.656 e. The van der Waals surface area contributed by atoms with Crippen LogP contribution in [0.5, 0.6) is 11.6 Å². The van der Waals surface area contributed by atoms with Crippen LogP contribution in [-0.4, -0.2) is 9.97 Å². The van der Waals surface area contributed by atoms with Gasteiger partial charge in [-0.25, -0.2) is 4.98 Å². The summed E-state index contributed by atoms with van der Waals surface area (Å²) >= 11 is 0. The zero-order chi connectivity index (χ0) is 32.1. The van der Waals surface area contributed by atoms with Crippen molar-refractivity contribution >= 4 is 21.8 Å². The fourth-order valence-corrected chi connectivity index (χ4v) is 5.82. The van der Waals surface area contributed by atoms with Gasteiger partial charge in [0, 0.05) is 18.0 Å².